The van der Waals surface area contributed by atoms with E-state index in [4.69, 9.17) is 14.6 Å². The molecule has 0 amide bonds. The molecular weight excluding hydrogens is 308 g/mol. The molecule has 4 nitrogen and oxygen atoms in total. The van der Waals surface area contributed by atoms with Gasteiger partial charge in [-0.05, 0) is 66.7 Å². The molecule has 0 aliphatic rings. The monoisotopic (exact) mass is 334 g/mol. The Morgan fingerprint density at radius 2 is 1.00 bits per heavy atom. The molecule has 0 unspecified atom stereocenters. The first-order valence-electron chi connectivity index (χ1n) is 7.47. The molecule has 0 radical (unpaired) electrons. The van der Waals surface area contributed by atoms with E-state index in [-0.39, 0.29) is 22.3 Å². The Morgan fingerprint density at radius 1 is 0.696 bits per heavy atom. The van der Waals surface area contributed by atoms with Gasteiger partial charge in [0.25, 0.3) is 0 Å². The van der Waals surface area contributed by atoms with Crippen LogP contribution in [0.3, 0.4) is 0 Å². The predicted molar refractivity (Wildman–Crippen MR) is 95.7 cm³/mol. The van der Waals surface area contributed by atoms with Gasteiger partial charge in [-0.3, -0.25) is 0 Å². The maximum Gasteiger partial charge on any atom is 0.250 e. The summed E-state index contributed by atoms with van der Waals surface area (Å²) in [7, 11) is -1.74. The first-order chi connectivity index (χ1) is 10.5. The van der Waals surface area contributed by atoms with E-state index in [2.05, 4.69) is 33.9 Å². The Hall–Kier alpha value is -2.14. The molecule has 0 aromatic heterocycles. The van der Waals surface area contributed by atoms with Crippen molar-refractivity contribution in [1.29, 1.82) is 0 Å². The topological polar surface area (TPSA) is 69.9 Å². The lowest BCUT2D eigenvalue weighted by Crippen LogP contribution is -2.43. The molecule has 23 heavy (non-hydrogen) atoms. The number of phenols is 3. The lowest BCUT2D eigenvalue weighted by Gasteiger charge is -2.36. The molecule has 3 N–H and O–H groups in total. The first-order valence-corrected chi connectivity index (χ1v) is 10.4. The number of rotatable bonds is 2. The van der Waals surface area contributed by atoms with E-state index in [1.807, 2.05) is 12.1 Å². The molecule has 0 saturated carbocycles. The van der Waals surface area contributed by atoms with Crippen molar-refractivity contribution in [3.8, 4) is 23.0 Å². The van der Waals surface area contributed by atoms with Crippen LogP contribution in [0.25, 0.3) is 0 Å². The number of phenolic OH excluding ortho intramolecular Hbond substituents is 3. The van der Waals surface area contributed by atoms with E-state index >= 15 is 0 Å². The summed E-state index contributed by atoms with van der Waals surface area (Å²) >= 11 is 0. The second-order valence-corrected chi connectivity index (χ2v) is 11.6. The Morgan fingerprint density at radius 3 is 1.30 bits per heavy atom. The van der Waals surface area contributed by atoms with Gasteiger partial charge >= 0.3 is 0 Å². The van der Waals surface area contributed by atoms with Gasteiger partial charge in [-0.2, -0.15) is 0 Å². The van der Waals surface area contributed by atoms with Crippen molar-refractivity contribution in [2.24, 2.45) is 0 Å². The van der Waals surface area contributed by atoms with Crippen LogP contribution in [0.1, 0.15) is 20.8 Å². The van der Waals surface area contributed by atoms with Crippen molar-refractivity contribution >= 4 is 8.32 Å². The zero-order valence-electron chi connectivity index (χ0n) is 14.4. The average molecular weight is 334 g/mol. The van der Waals surface area contributed by atoms with Crippen molar-refractivity contribution < 1.29 is 19.7 Å². The molecule has 0 aliphatic heterocycles. The first kappa shape index (κ1) is 18.9. The number of hydrogen-bond donors (Lipinski definition) is 3. The summed E-state index contributed by atoms with van der Waals surface area (Å²) in [5.41, 5.74) is 0. The maximum absolute atomic E-state index is 9.17. The molecule has 2 aromatic carbocycles. The van der Waals surface area contributed by atoms with Gasteiger partial charge in [-0.15, -0.1) is 0 Å². The van der Waals surface area contributed by atoms with Gasteiger partial charge in [-0.25, -0.2) is 0 Å². The van der Waals surface area contributed by atoms with Crippen molar-refractivity contribution in [3.63, 3.8) is 0 Å². The van der Waals surface area contributed by atoms with Gasteiger partial charge in [0.1, 0.15) is 23.0 Å². The largest absolute Gasteiger partial charge is 0.543 e. The Kier molecular flexibility index (Phi) is 6.10. The van der Waals surface area contributed by atoms with Crippen LogP contribution in [0.2, 0.25) is 18.1 Å². The van der Waals surface area contributed by atoms with Crippen LogP contribution in [0.15, 0.2) is 48.5 Å². The third-order valence-electron chi connectivity index (χ3n) is 3.87. The van der Waals surface area contributed by atoms with Gasteiger partial charge in [0.05, 0.1) is 0 Å². The van der Waals surface area contributed by atoms with Crippen molar-refractivity contribution in [3.05, 3.63) is 48.5 Å². The van der Waals surface area contributed by atoms with E-state index in [0.29, 0.717) is 0 Å². The summed E-state index contributed by atoms with van der Waals surface area (Å²) in [6.45, 7) is 11.0. The van der Waals surface area contributed by atoms with E-state index in [1.54, 1.807) is 12.1 Å². The highest BCUT2D eigenvalue weighted by Gasteiger charge is 2.38. The van der Waals surface area contributed by atoms with Crippen LogP contribution in [-0.4, -0.2) is 23.6 Å². The average Bonchev–Trinajstić information content (AvgIpc) is 2.44. The van der Waals surface area contributed by atoms with Gasteiger partial charge in [0.15, 0.2) is 0 Å². The van der Waals surface area contributed by atoms with Gasteiger partial charge < -0.3 is 19.7 Å². The van der Waals surface area contributed by atoms with Gasteiger partial charge in [0.2, 0.25) is 8.32 Å². The summed E-state index contributed by atoms with van der Waals surface area (Å²) in [5.74, 6) is 1.46. The van der Waals surface area contributed by atoms with Crippen LogP contribution < -0.4 is 4.43 Å². The molecule has 0 fully saturated rings. The molecule has 2 aromatic rings. The SMILES string of the molecule is CC(C)(C)[Si](C)(C)Oc1ccc(O)cc1.Oc1ccc(O)cc1. The van der Waals surface area contributed by atoms with E-state index in [1.165, 1.54) is 24.3 Å². The Balaban J connectivity index is 0.000000277. The zero-order chi connectivity index (χ0) is 17.7. The van der Waals surface area contributed by atoms with Crippen molar-refractivity contribution in [1.82, 2.24) is 0 Å². The summed E-state index contributed by atoms with van der Waals surface area (Å²) < 4.78 is 6.05. The fourth-order valence-electron chi connectivity index (χ4n) is 1.41. The summed E-state index contributed by atoms with van der Waals surface area (Å²) in [5, 5.41) is 26.7. The Bertz CT molecular complexity index is 577. The summed E-state index contributed by atoms with van der Waals surface area (Å²) in [6, 6.07) is 12.6. The molecule has 5 heteroatoms. The standard InChI is InChI=1S/C12H20O2Si.C6H6O2/c1-12(2,3)15(4,5)14-11-8-6-10(13)7-9-11;7-5-1-2-6(8)4-3-5/h6-9,13H,1-5H3;1-4,7-8H. The number of hydrogen-bond acceptors (Lipinski definition) is 4. The van der Waals surface area contributed by atoms with Crippen LogP contribution in [-0.2, 0) is 0 Å². The minimum atomic E-state index is -1.74. The lowest BCUT2D eigenvalue weighted by atomic mass is 10.2. The van der Waals surface area contributed by atoms with Gasteiger partial charge in [0, 0.05) is 0 Å². The van der Waals surface area contributed by atoms with E-state index in [0.717, 1.165) is 5.75 Å². The summed E-state index contributed by atoms with van der Waals surface area (Å²) in [4.78, 5) is 0. The quantitative estimate of drug-likeness (QED) is 0.541. The zero-order valence-corrected chi connectivity index (χ0v) is 15.4. The second-order valence-electron chi connectivity index (χ2n) is 6.87. The van der Waals surface area contributed by atoms with Crippen LogP contribution in [0.4, 0.5) is 0 Å². The highest BCUT2D eigenvalue weighted by molar-refractivity contribution is 6.74. The molecule has 0 aliphatic carbocycles. The Labute approximate surface area is 139 Å². The van der Waals surface area contributed by atoms with Crippen LogP contribution >= 0.6 is 0 Å². The molecule has 0 spiro atoms. The molecule has 0 atom stereocenters. The minimum Gasteiger partial charge on any atom is -0.543 e. The number of benzene rings is 2. The van der Waals surface area contributed by atoms with Gasteiger partial charge in [-0.1, -0.05) is 20.8 Å². The van der Waals surface area contributed by atoms with Crippen molar-refractivity contribution in [2.75, 3.05) is 0 Å². The smallest absolute Gasteiger partial charge is 0.250 e. The van der Waals surface area contributed by atoms with E-state index in [9.17, 15) is 5.11 Å². The fourth-order valence-corrected chi connectivity index (χ4v) is 2.45. The molecule has 2 rings (SSSR count). The van der Waals surface area contributed by atoms with Crippen LogP contribution in [0.5, 0.6) is 23.0 Å². The minimum absolute atomic E-state index is 0.169. The van der Waals surface area contributed by atoms with Crippen LogP contribution in [0, 0.1) is 0 Å². The highest BCUT2D eigenvalue weighted by Crippen LogP contribution is 2.37. The lowest BCUT2D eigenvalue weighted by molar-refractivity contribution is 0.460. The third kappa shape index (κ3) is 6.24. The molecule has 0 bridgehead atoms. The second kappa shape index (κ2) is 7.42. The normalized spacial score (nSPS) is 11.3. The summed E-state index contributed by atoms with van der Waals surface area (Å²) in [6.07, 6.45) is 0. The van der Waals surface area contributed by atoms with E-state index < -0.39 is 8.32 Å². The fraction of sp³-hybridized carbons (Fsp3) is 0.333. The third-order valence-corrected chi connectivity index (χ3v) is 8.22. The maximum atomic E-state index is 9.17. The highest BCUT2D eigenvalue weighted by atomic mass is 28.4. The molecule has 126 valence electrons. The molecule has 0 heterocycles. The predicted octanol–water partition coefficient (Wildman–Crippen LogP) is 4.87. The van der Waals surface area contributed by atoms with Crippen molar-refractivity contribution in [2.45, 2.75) is 38.9 Å². The number of aromatic hydroxyl groups is 3. The molecule has 0 saturated heterocycles. The molecular formula is C18H26O4Si.